The van der Waals surface area contributed by atoms with Crippen LogP contribution in [0.5, 0.6) is 0 Å². The summed E-state index contributed by atoms with van der Waals surface area (Å²) in [5, 5.41) is 0. The lowest BCUT2D eigenvalue weighted by atomic mass is 10.00. The standard InChI is InChI=1S/C13H29N3O.2ClH/c1-15(10-12-17-11-7-14)9-6-13-5-3-4-8-16(13)2;;/h13H,3-12,14H2,1-2H3;2*1H. The van der Waals surface area contributed by atoms with Gasteiger partial charge in [0.2, 0.25) is 0 Å². The molecular formula is C13H31Cl2N3O. The van der Waals surface area contributed by atoms with Crippen LogP contribution in [0.2, 0.25) is 0 Å². The molecule has 0 aromatic carbocycles. The van der Waals surface area contributed by atoms with Gasteiger partial charge in [0, 0.05) is 19.1 Å². The number of ether oxygens (including phenoxy) is 1. The number of piperidine rings is 1. The summed E-state index contributed by atoms with van der Waals surface area (Å²) in [6.07, 6.45) is 5.42. The minimum Gasteiger partial charge on any atom is -0.379 e. The van der Waals surface area contributed by atoms with Crippen molar-refractivity contribution in [3.05, 3.63) is 0 Å². The maximum absolute atomic E-state index is 5.39. The summed E-state index contributed by atoms with van der Waals surface area (Å²) in [6, 6.07) is 0.788. The molecule has 1 heterocycles. The fraction of sp³-hybridized carbons (Fsp3) is 1.00. The van der Waals surface area contributed by atoms with Gasteiger partial charge in [0.15, 0.2) is 0 Å². The predicted molar refractivity (Wildman–Crippen MR) is 86.8 cm³/mol. The second kappa shape index (κ2) is 13.4. The lowest BCUT2D eigenvalue weighted by Gasteiger charge is -2.33. The Balaban J connectivity index is 0. The van der Waals surface area contributed by atoms with Crippen LogP contribution in [0.4, 0.5) is 0 Å². The van der Waals surface area contributed by atoms with Gasteiger partial charge in [-0.2, -0.15) is 0 Å². The van der Waals surface area contributed by atoms with E-state index in [2.05, 4.69) is 23.9 Å². The van der Waals surface area contributed by atoms with Gasteiger partial charge in [-0.15, -0.1) is 24.8 Å². The van der Waals surface area contributed by atoms with E-state index >= 15 is 0 Å². The number of halogens is 2. The van der Waals surface area contributed by atoms with Crippen LogP contribution < -0.4 is 5.73 Å². The van der Waals surface area contributed by atoms with Crippen molar-refractivity contribution in [2.45, 2.75) is 31.7 Å². The first-order valence-corrected chi connectivity index (χ1v) is 6.90. The fourth-order valence-electron chi connectivity index (χ4n) is 2.40. The Morgan fingerprint density at radius 2 is 1.95 bits per heavy atom. The molecule has 6 heteroatoms. The highest BCUT2D eigenvalue weighted by molar-refractivity contribution is 5.85. The second-order valence-corrected chi connectivity index (χ2v) is 5.12. The van der Waals surface area contributed by atoms with Gasteiger partial charge >= 0.3 is 0 Å². The zero-order valence-electron chi connectivity index (χ0n) is 12.3. The van der Waals surface area contributed by atoms with Crippen LogP contribution >= 0.6 is 24.8 Å². The third kappa shape index (κ3) is 9.88. The highest BCUT2D eigenvalue weighted by Gasteiger charge is 2.18. The molecular weight excluding hydrogens is 285 g/mol. The van der Waals surface area contributed by atoms with Gasteiger partial charge in [-0.1, -0.05) is 6.42 Å². The highest BCUT2D eigenvalue weighted by Crippen LogP contribution is 2.17. The van der Waals surface area contributed by atoms with E-state index in [1.807, 2.05) is 0 Å². The van der Waals surface area contributed by atoms with Gasteiger partial charge in [-0.05, 0) is 46.4 Å². The summed E-state index contributed by atoms with van der Waals surface area (Å²) in [6.45, 7) is 5.55. The van der Waals surface area contributed by atoms with Crippen molar-refractivity contribution in [2.75, 3.05) is 53.5 Å². The smallest absolute Gasteiger partial charge is 0.0593 e. The summed E-state index contributed by atoms with van der Waals surface area (Å²) < 4.78 is 5.39. The number of hydrogen-bond acceptors (Lipinski definition) is 4. The third-order valence-corrected chi connectivity index (χ3v) is 3.65. The number of nitrogens with zero attached hydrogens (tertiary/aromatic N) is 2. The highest BCUT2D eigenvalue weighted by atomic mass is 35.5. The molecule has 1 fully saturated rings. The Bertz CT molecular complexity index is 199. The maximum atomic E-state index is 5.39. The van der Waals surface area contributed by atoms with E-state index in [1.165, 1.54) is 38.8 Å². The molecule has 2 N–H and O–H groups in total. The van der Waals surface area contributed by atoms with Gasteiger partial charge in [-0.25, -0.2) is 0 Å². The molecule has 1 saturated heterocycles. The average Bonchev–Trinajstić information content (AvgIpc) is 2.34. The van der Waals surface area contributed by atoms with Crippen molar-refractivity contribution in [2.24, 2.45) is 5.73 Å². The predicted octanol–water partition coefficient (Wildman–Crippen LogP) is 1.61. The third-order valence-electron chi connectivity index (χ3n) is 3.65. The molecule has 1 aliphatic rings. The van der Waals surface area contributed by atoms with Crippen LogP contribution in [-0.2, 0) is 4.74 Å². The van der Waals surface area contributed by atoms with Crippen LogP contribution in [-0.4, -0.2) is 69.3 Å². The van der Waals surface area contributed by atoms with Crippen molar-refractivity contribution >= 4 is 24.8 Å². The molecule has 0 aromatic rings. The molecule has 1 rings (SSSR count). The summed E-state index contributed by atoms with van der Waals surface area (Å²) in [4.78, 5) is 4.88. The van der Waals surface area contributed by atoms with Crippen LogP contribution in [0.1, 0.15) is 25.7 Å². The van der Waals surface area contributed by atoms with Crippen LogP contribution in [0, 0.1) is 0 Å². The van der Waals surface area contributed by atoms with Crippen LogP contribution in [0.3, 0.4) is 0 Å². The summed E-state index contributed by atoms with van der Waals surface area (Å²) in [5.74, 6) is 0. The molecule has 4 nitrogen and oxygen atoms in total. The van der Waals surface area contributed by atoms with Gasteiger partial charge in [0.25, 0.3) is 0 Å². The van der Waals surface area contributed by atoms with E-state index in [1.54, 1.807) is 0 Å². The molecule has 1 unspecified atom stereocenters. The molecule has 1 aliphatic heterocycles. The van der Waals surface area contributed by atoms with E-state index in [0.29, 0.717) is 13.2 Å². The first-order valence-electron chi connectivity index (χ1n) is 6.90. The van der Waals surface area contributed by atoms with E-state index in [9.17, 15) is 0 Å². The lowest BCUT2D eigenvalue weighted by molar-refractivity contribution is 0.109. The summed E-state index contributed by atoms with van der Waals surface area (Å²) in [5.41, 5.74) is 5.37. The monoisotopic (exact) mass is 315 g/mol. The van der Waals surface area contributed by atoms with E-state index in [0.717, 1.165) is 19.2 Å². The SMILES string of the molecule is CN(CCOCCN)CCC1CCCCN1C.Cl.Cl. The zero-order valence-corrected chi connectivity index (χ0v) is 14.0. The molecule has 19 heavy (non-hydrogen) atoms. The molecule has 0 bridgehead atoms. The Labute approximate surface area is 130 Å². The second-order valence-electron chi connectivity index (χ2n) is 5.12. The van der Waals surface area contributed by atoms with Crippen LogP contribution in [0.25, 0.3) is 0 Å². The van der Waals surface area contributed by atoms with Crippen molar-refractivity contribution in [1.29, 1.82) is 0 Å². The van der Waals surface area contributed by atoms with E-state index in [4.69, 9.17) is 10.5 Å². The Kier molecular flexibility index (Phi) is 15.3. The first kappa shape index (κ1) is 21.7. The molecule has 0 amide bonds. The van der Waals surface area contributed by atoms with Crippen molar-refractivity contribution < 1.29 is 4.74 Å². The quantitative estimate of drug-likeness (QED) is 0.691. The summed E-state index contributed by atoms with van der Waals surface area (Å²) >= 11 is 0. The normalized spacial score (nSPS) is 19.9. The number of likely N-dealkylation sites (tertiary alicyclic amines) is 1. The first-order chi connectivity index (χ1) is 8.24. The molecule has 0 radical (unpaired) electrons. The number of hydrogen-bond donors (Lipinski definition) is 1. The van der Waals surface area contributed by atoms with Gasteiger partial charge in [-0.3, -0.25) is 0 Å². The van der Waals surface area contributed by atoms with Crippen molar-refractivity contribution in [3.63, 3.8) is 0 Å². The Hall–Kier alpha value is 0.420. The average molecular weight is 316 g/mol. The lowest BCUT2D eigenvalue weighted by Crippen LogP contribution is -2.38. The molecule has 0 aliphatic carbocycles. The molecule has 0 aromatic heterocycles. The molecule has 0 saturated carbocycles. The zero-order chi connectivity index (χ0) is 12.5. The molecule has 1 atom stereocenters. The van der Waals surface area contributed by atoms with Gasteiger partial charge in [0.1, 0.15) is 0 Å². The van der Waals surface area contributed by atoms with Crippen LogP contribution in [0.15, 0.2) is 0 Å². The molecule has 0 spiro atoms. The number of nitrogens with two attached hydrogens (primary N) is 1. The largest absolute Gasteiger partial charge is 0.379 e. The van der Waals surface area contributed by atoms with Crippen molar-refractivity contribution in [3.8, 4) is 0 Å². The van der Waals surface area contributed by atoms with Gasteiger partial charge < -0.3 is 20.3 Å². The Morgan fingerprint density at radius 3 is 2.58 bits per heavy atom. The van der Waals surface area contributed by atoms with E-state index < -0.39 is 0 Å². The Morgan fingerprint density at radius 1 is 1.21 bits per heavy atom. The maximum Gasteiger partial charge on any atom is 0.0593 e. The van der Waals surface area contributed by atoms with Crippen molar-refractivity contribution in [1.82, 2.24) is 9.80 Å². The topological polar surface area (TPSA) is 41.7 Å². The number of likely N-dealkylation sites (N-methyl/N-ethyl adjacent to an activating group) is 1. The van der Waals surface area contributed by atoms with E-state index in [-0.39, 0.29) is 24.8 Å². The minimum atomic E-state index is 0. The molecule has 118 valence electrons. The number of rotatable bonds is 8. The fourth-order valence-corrected chi connectivity index (χ4v) is 2.40. The minimum absolute atomic E-state index is 0. The summed E-state index contributed by atoms with van der Waals surface area (Å²) in [7, 11) is 4.43. The van der Waals surface area contributed by atoms with Gasteiger partial charge in [0.05, 0.1) is 13.2 Å².